The van der Waals surface area contributed by atoms with Crippen LogP contribution in [0.25, 0.3) is 0 Å². The molecular formula is C10H15F3N2O2S. The second-order valence-corrected chi connectivity index (χ2v) is 4.66. The maximum Gasteiger partial charge on any atom is 0.411 e. The van der Waals surface area contributed by atoms with Gasteiger partial charge in [0.25, 0.3) is 0 Å². The van der Waals surface area contributed by atoms with E-state index in [4.69, 9.17) is 18.0 Å². The minimum absolute atomic E-state index is 0.0553. The zero-order valence-corrected chi connectivity index (χ0v) is 10.5. The van der Waals surface area contributed by atoms with Gasteiger partial charge < -0.3 is 15.4 Å². The van der Waals surface area contributed by atoms with E-state index in [9.17, 15) is 18.0 Å². The molecule has 2 N–H and O–H groups in total. The fourth-order valence-electron chi connectivity index (χ4n) is 1.78. The summed E-state index contributed by atoms with van der Waals surface area (Å²) in [5.41, 5.74) is 5.50. The monoisotopic (exact) mass is 284 g/mol. The van der Waals surface area contributed by atoms with Gasteiger partial charge in [-0.15, -0.1) is 0 Å². The van der Waals surface area contributed by atoms with E-state index < -0.39 is 25.3 Å². The van der Waals surface area contributed by atoms with Crippen LogP contribution >= 0.6 is 12.2 Å². The smallest absolute Gasteiger partial charge is 0.393 e. The first kappa shape index (κ1) is 15.2. The van der Waals surface area contributed by atoms with E-state index in [-0.39, 0.29) is 5.92 Å². The SMILES string of the molecule is NC(=S)C1CCCN(C(=O)COCC(F)(F)F)C1. The van der Waals surface area contributed by atoms with Gasteiger partial charge in [-0.05, 0) is 12.8 Å². The van der Waals surface area contributed by atoms with Crippen molar-refractivity contribution in [2.24, 2.45) is 11.7 Å². The zero-order chi connectivity index (χ0) is 13.8. The predicted octanol–water partition coefficient (Wildman–Crippen LogP) is 1.09. The van der Waals surface area contributed by atoms with Crippen LogP contribution in [0.4, 0.5) is 13.2 Å². The van der Waals surface area contributed by atoms with E-state index >= 15 is 0 Å². The van der Waals surface area contributed by atoms with Gasteiger partial charge in [0.05, 0.1) is 4.99 Å². The van der Waals surface area contributed by atoms with E-state index in [0.717, 1.165) is 12.8 Å². The van der Waals surface area contributed by atoms with Crippen molar-refractivity contribution >= 4 is 23.1 Å². The number of carbonyl (C=O) groups excluding carboxylic acids is 1. The minimum Gasteiger partial charge on any atom is -0.393 e. The normalized spacial score (nSPS) is 20.8. The van der Waals surface area contributed by atoms with E-state index in [1.165, 1.54) is 4.90 Å². The number of carbonyl (C=O) groups is 1. The number of rotatable bonds is 4. The molecule has 0 bridgehead atoms. The molecular weight excluding hydrogens is 269 g/mol. The standard InChI is InChI=1S/C10H15F3N2O2S/c11-10(12,13)6-17-5-8(16)15-3-1-2-7(4-15)9(14)18/h7H,1-6H2,(H2,14,18). The molecule has 4 nitrogen and oxygen atoms in total. The summed E-state index contributed by atoms with van der Waals surface area (Å²) in [6, 6.07) is 0. The first-order valence-electron chi connectivity index (χ1n) is 5.51. The van der Waals surface area contributed by atoms with Gasteiger partial charge in [-0.25, -0.2) is 0 Å². The van der Waals surface area contributed by atoms with Crippen LogP contribution in [-0.2, 0) is 9.53 Å². The average molecular weight is 284 g/mol. The van der Waals surface area contributed by atoms with Crippen molar-refractivity contribution in [2.45, 2.75) is 19.0 Å². The second kappa shape index (κ2) is 6.33. The van der Waals surface area contributed by atoms with Gasteiger partial charge in [-0.1, -0.05) is 12.2 Å². The highest BCUT2D eigenvalue weighted by molar-refractivity contribution is 7.80. The van der Waals surface area contributed by atoms with E-state index in [0.29, 0.717) is 18.1 Å². The number of hydrogen-bond donors (Lipinski definition) is 1. The largest absolute Gasteiger partial charge is 0.411 e. The van der Waals surface area contributed by atoms with Crippen LogP contribution < -0.4 is 5.73 Å². The number of amides is 1. The Bertz CT molecular complexity index is 323. The number of ether oxygens (including phenoxy) is 1. The number of hydrogen-bond acceptors (Lipinski definition) is 3. The van der Waals surface area contributed by atoms with Crippen LogP contribution in [0, 0.1) is 5.92 Å². The maximum absolute atomic E-state index is 11.8. The van der Waals surface area contributed by atoms with Crippen molar-refractivity contribution in [1.29, 1.82) is 0 Å². The van der Waals surface area contributed by atoms with Crippen LogP contribution in [-0.4, -0.2) is 48.3 Å². The van der Waals surface area contributed by atoms with Gasteiger partial charge in [-0.3, -0.25) is 4.79 Å². The molecule has 1 saturated heterocycles. The third-order valence-corrected chi connectivity index (χ3v) is 3.00. The molecule has 104 valence electrons. The fraction of sp³-hybridized carbons (Fsp3) is 0.800. The number of halogens is 3. The molecule has 1 heterocycles. The molecule has 1 amide bonds. The van der Waals surface area contributed by atoms with Crippen LogP contribution in [0.1, 0.15) is 12.8 Å². The lowest BCUT2D eigenvalue weighted by Gasteiger charge is -2.32. The minimum atomic E-state index is -4.41. The highest BCUT2D eigenvalue weighted by atomic mass is 32.1. The lowest BCUT2D eigenvalue weighted by atomic mass is 9.98. The summed E-state index contributed by atoms with van der Waals surface area (Å²) in [5.74, 6) is -0.513. The lowest BCUT2D eigenvalue weighted by Crippen LogP contribution is -2.45. The van der Waals surface area contributed by atoms with Gasteiger partial charge in [-0.2, -0.15) is 13.2 Å². The summed E-state index contributed by atoms with van der Waals surface area (Å²) < 4.78 is 39.8. The number of nitrogens with two attached hydrogens (primary N) is 1. The fourth-order valence-corrected chi connectivity index (χ4v) is 1.97. The Morgan fingerprint density at radius 1 is 1.50 bits per heavy atom. The molecule has 1 rings (SSSR count). The topological polar surface area (TPSA) is 55.6 Å². The predicted molar refractivity (Wildman–Crippen MR) is 63.0 cm³/mol. The molecule has 1 aliphatic rings. The molecule has 0 aliphatic carbocycles. The molecule has 1 aliphatic heterocycles. The molecule has 0 spiro atoms. The average Bonchev–Trinajstić information content (AvgIpc) is 2.27. The van der Waals surface area contributed by atoms with Gasteiger partial charge in [0.15, 0.2) is 0 Å². The first-order chi connectivity index (χ1) is 8.29. The van der Waals surface area contributed by atoms with E-state index in [2.05, 4.69) is 4.74 Å². The quantitative estimate of drug-likeness (QED) is 0.785. The first-order valence-corrected chi connectivity index (χ1v) is 5.92. The van der Waals surface area contributed by atoms with Crippen molar-refractivity contribution in [3.8, 4) is 0 Å². The molecule has 0 radical (unpaired) electrons. The highest BCUT2D eigenvalue weighted by Crippen LogP contribution is 2.17. The maximum atomic E-state index is 11.8. The number of likely N-dealkylation sites (tertiary alicyclic amines) is 1. The van der Waals surface area contributed by atoms with E-state index in [1.807, 2.05) is 0 Å². The summed E-state index contributed by atoms with van der Waals surface area (Å²) in [7, 11) is 0. The second-order valence-electron chi connectivity index (χ2n) is 4.19. The molecule has 0 aromatic carbocycles. The van der Waals surface area contributed by atoms with Crippen LogP contribution in [0.2, 0.25) is 0 Å². The van der Waals surface area contributed by atoms with Crippen molar-refractivity contribution in [1.82, 2.24) is 4.90 Å². The Morgan fingerprint density at radius 2 is 2.17 bits per heavy atom. The molecule has 1 fully saturated rings. The number of piperidine rings is 1. The Kier molecular flexibility index (Phi) is 5.33. The molecule has 0 aromatic rings. The molecule has 0 saturated carbocycles. The summed E-state index contributed by atoms with van der Waals surface area (Å²) >= 11 is 4.85. The molecule has 1 atom stereocenters. The third kappa shape index (κ3) is 5.18. The highest BCUT2D eigenvalue weighted by Gasteiger charge is 2.29. The summed E-state index contributed by atoms with van der Waals surface area (Å²) in [4.78, 5) is 13.4. The Morgan fingerprint density at radius 3 is 2.72 bits per heavy atom. The Hall–Kier alpha value is -0.890. The van der Waals surface area contributed by atoms with Crippen molar-refractivity contribution in [3.63, 3.8) is 0 Å². The Labute approximate surface area is 108 Å². The van der Waals surface area contributed by atoms with Gasteiger partial charge in [0.2, 0.25) is 5.91 Å². The van der Waals surface area contributed by atoms with Crippen LogP contribution in [0.15, 0.2) is 0 Å². The molecule has 1 unspecified atom stereocenters. The van der Waals surface area contributed by atoms with Crippen molar-refractivity contribution in [3.05, 3.63) is 0 Å². The third-order valence-electron chi connectivity index (χ3n) is 2.67. The molecule has 0 aromatic heterocycles. The van der Waals surface area contributed by atoms with Gasteiger partial charge in [0.1, 0.15) is 13.2 Å². The van der Waals surface area contributed by atoms with Gasteiger partial charge in [0, 0.05) is 19.0 Å². The van der Waals surface area contributed by atoms with Gasteiger partial charge >= 0.3 is 6.18 Å². The molecule has 18 heavy (non-hydrogen) atoms. The number of alkyl halides is 3. The van der Waals surface area contributed by atoms with Crippen LogP contribution in [0.5, 0.6) is 0 Å². The molecule has 8 heteroatoms. The van der Waals surface area contributed by atoms with E-state index in [1.54, 1.807) is 0 Å². The lowest BCUT2D eigenvalue weighted by molar-refractivity contribution is -0.178. The van der Waals surface area contributed by atoms with Crippen molar-refractivity contribution < 1.29 is 22.7 Å². The Balaban J connectivity index is 2.35. The van der Waals surface area contributed by atoms with Crippen molar-refractivity contribution in [2.75, 3.05) is 26.3 Å². The number of thiocarbonyl (C=S) groups is 1. The van der Waals surface area contributed by atoms with Crippen LogP contribution in [0.3, 0.4) is 0 Å². The number of nitrogens with zero attached hydrogens (tertiary/aromatic N) is 1. The summed E-state index contributed by atoms with van der Waals surface area (Å²) in [6.07, 6.45) is -2.86. The summed E-state index contributed by atoms with van der Waals surface area (Å²) in [6.45, 7) is -1.11. The summed E-state index contributed by atoms with van der Waals surface area (Å²) in [5, 5.41) is 0. The zero-order valence-electron chi connectivity index (χ0n) is 9.70.